The predicted molar refractivity (Wildman–Crippen MR) is 75.2 cm³/mol. The van der Waals surface area contributed by atoms with Crippen LogP contribution in [0.3, 0.4) is 0 Å². The van der Waals surface area contributed by atoms with Crippen molar-refractivity contribution in [3.63, 3.8) is 0 Å². The SMILES string of the molecule is CC(Cl)Cl.ClCCCl.O=C(O)OCCCOC(=O)O. The van der Waals surface area contributed by atoms with Crippen molar-refractivity contribution in [3.05, 3.63) is 0 Å². The average molecular weight is 362 g/mol. The Balaban J connectivity index is -0.000000264. The lowest BCUT2D eigenvalue weighted by Crippen LogP contribution is -2.07. The molecule has 0 spiro atoms. The van der Waals surface area contributed by atoms with Crippen LogP contribution in [0.25, 0.3) is 0 Å². The average Bonchev–Trinajstić information content (AvgIpc) is 2.27. The van der Waals surface area contributed by atoms with Crippen molar-refractivity contribution >= 4 is 58.7 Å². The van der Waals surface area contributed by atoms with Crippen LogP contribution < -0.4 is 0 Å². The number of ether oxygens (including phenoxy) is 2. The Labute approximate surface area is 131 Å². The molecule has 0 saturated heterocycles. The van der Waals surface area contributed by atoms with Gasteiger partial charge in [0.2, 0.25) is 0 Å². The maximum absolute atomic E-state index is 9.72. The topological polar surface area (TPSA) is 93.1 Å². The van der Waals surface area contributed by atoms with E-state index < -0.39 is 12.3 Å². The van der Waals surface area contributed by atoms with Crippen molar-refractivity contribution in [3.8, 4) is 0 Å². The monoisotopic (exact) mass is 360 g/mol. The van der Waals surface area contributed by atoms with Gasteiger partial charge in [0, 0.05) is 18.2 Å². The van der Waals surface area contributed by atoms with Crippen LogP contribution in [-0.2, 0) is 9.47 Å². The van der Waals surface area contributed by atoms with E-state index in [9.17, 15) is 9.59 Å². The summed E-state index contributed by atoms with van der Waals surface area (Å²) in [6.45, 7) is 1.59. The van der Waals surface area contributed by atoms with Crippen molar-refractivity contribution in [2.45, 2.75) is 18.2 Å². The molecule has 0 aromatic heterocycles. The van der Waals surface area contributed by atoms with E-state index in [1.165, 1.54) is 0 Å². The van der Waals surface area contributed by atoms with E-state index in [4.69, 9.17) is 56.6 Å². The molecule has 0 amide bonds. The predicted octanol–water partition coefficient (Wildman–Crippen LogP) is 4.04. The van der Waals surface area contributed by atoms with Crippen molar-refractivity contribution < 1.29 is 29.3 Å². The lowest BCUT2D eigenvalue weighted by Gasteiger charge is -1.99. The molecule has 0 atom stereocenters. The molecule has 10 heteroatoms. The van der Waals surface area contributed by atoms with Gasteiger partial charge in [-0.3, -0.25) is 0 Å². The highest BCUT2D eigenvalue weighted by atomic mass is 35.5. The summed E-state index contributed by atoms with van der Waals surface area (Å²) in [5.41, 5.74) is 0. The van der Waals surface area contributed by atoms with Gasteiger partial charge in [-0.1, -0.05) is 0 Å². The molecule has 0 fully saturated rings. The van der Waals surface area contributed by atoms with E-state index in [1.807, 2.05) is 0 Å². The summed E-state index contributed by atoms with van der Waals surface area (Å²) in [5, 5.41) is 15.9. The third-order valence-corrected chi connectivity index (χ3v) is 1.38. The van der Waals surface area contributed by atoms with Gasteiger partial charge in [0.05, 0.1) is 13.2 Å². The maximum Gasteiger partial charge on any atom is 0.505 e. The smallest absolute Gasteiger partial charge is 0.450 e. The highest BCUT2D eigenvalue weighted by molar-refractivity contribution is 6.43. The van der Waals surface area contributed by atoms with Gasteiger partial charge in [0.25, 0.3) is 0 Å². The van der Waals surface area contributed by atoms with Gasteiger partial charge >= 0.3 is 12.3 Å². The minimum atomic E-state index is -1.37. The van der Waals surface area contributed by atoms with Crippen LogP contribution in [0.5, 0.6) is 0 Å². The maximum atomic E-state index is 9.72. The summed E-state index contributed by atoms with van der Waals surface area (Å²) in [7, 11) is 0. The van der Waals surface area contributed by atoms with Crippen LogP contribution in [0.4, 0.5) is 9.59 Å². The first-order valence-corrected chi connectivity index (χ1v) is 6.83. The minimum absolute atomic E-state index is 0.0530. The molecule has 0 aliphatic heterocycles. The van der Waals surface area contributed by atoms with Crippen LogP contribution in [0.2, 0.25) is 0 Å². The summed E-state index contributed by atoms with van der Waals surface area (Å²) in [4.78, 5) is 19.2. The number of carbonyl (C=O) groups is 2. The molecule has 0 aromatic carbocycles. The highest BCUT2D eigenvalue weighted by Crippen LogP contribution is 1.95. The van der Waals surface area contributed by atoms with Gasteiger partial charge in [0.1, 0.15) is 4.84 Å². The van der Waals surface area contributed by atoms with Crippen molar-refractivity contribution in [2.24, 2.45) is 0 Å². The van der Waals surface area contributed by atoms with E-state index in [1.54, 1.807) is 6.92 Å². The fraction of sp³-hybridized carbons (Fsp3) is 0.778. The molecular weight excluding hydrogens is 346 g/mol. The fourth-order valence-electron chi connectivity index (χ4n) is 0.378. The fourth-order valence-corrected chi connectivity index (χ4v) is 0.378. The number of halogens is 4. The van der Waals surface area contributed by atoms with Crippen LogP contribution in [0.15, 0.2) is 0 Å². The second-order valence-electron chi connectivity index (χ2n) is 2.48. The largest absolute Gasteiger partial charge is 0.505 e. The third kappa shape index (κ3) is 57.6. The van der Waals surface area contributed by atoms with Gasteiger partial charge < -0.3 is 19.7 Å². The Kier molecular flexibility index (Phi) is 25.1. The molecular formula is C9H16Cl4O6. The zero-order valence-electron chi connectivity index (χ0n) is 10.2. The molecule has 0 aromatic rings. The van der Waals surface area contributed by atoms with E-state index in [0.29, 0.717) is 11.8 Å². The van der Waals surface area contributed by atoms with Crippen LogP contribution in [0, 0.1) is 0 Å². The van der Waals surface area contributed by atoms with Crippen LogP contribution >= 0.6 is 46.4 Å². The molecule has 0 rings (SSSR count). The quantitative estimate of drug-likeness (QED) is 0.436. The molecule has 0 aliphatic carbocycles. The number of alkyl halides is 4. The lowest BCUT2D eigenvalue weighted by molar-refractivity contribution is 0.0689. The van der Waals surface area contributed by atoms with Crippen molar-refractivity contribution in [1.82, 2.24) is 0 Å². The number of hydrogen-bond acceptors (Lipinski definition) is 4. The van der Waals surface area contributed by atoms with Gasteiger partial charge in [-0.2, -0.15) is 0 Å². The van der Waals surface area contributed by atoms with Crippen molar-refractivity contribution in [2.75, 3.05) is 25.0 Å². The molecule has 0 heterocycles. The summed E-state index contributed by atoms with van der Waals surface area (Å²) in [5.74, 6) is 1.11. The Morgan fingerprint density at radius 2 is 1.26 bits per heavy atom. The first-order valence-electron chi connectivity index (χ1n) is 4.89. The van der Waals surface area contributed by atoms with E-state index in [-0.39, 0.29) is 24.5 Å². The molecule has 0 saturated carbocycles. The summed E-state index contributed by atoms with van der Waals surface area (Å²) in [6, 6.07) is 0. The summed E-state index contributed by atoms with van der Waals surface area (Å²) in [6.07, 6.45) is -2.51. The van der Waals surface area contributed by atoms with E-state index in [0.717, 1.165) is 0 Å². The van der Waals surface area contributed by atoms with Gasteiger partial charge in [-0.25, -0.2) is 9.59 Å². The van der Waals surface area contributed by atoms with Gasteiger partial charge in [-0.05, 0) is 6.92 Å². The first-order chi connectivity index (χ1) is 8.77. The van der Waals surface area contributed by atoms with Crippen LogP contribution in [-0.4, -0.2) is 52.3 Å². The van der Waals surface area contributed by atoms with Gasteiger partial charge in [-0.15, -0.1) is 46.4 Å². The number of hydrogen-bond donors (Lipinski definition) is 2. The molecule has 6 nitrogen and oxygen atoms in total. The first kappa shape index (κ1) is 23.8. The Morgan fingerprint density at radius 3 is 1.42 bits per heavy atom. The Hall–Kier alpha value is -0.300. The number of carboxylic acid groups (broad SMARTS) is 2. The van der Waals surface area contributed by atoms with Gasteiger partial charge in [0.15, 0.2) is 0 Å². The number of rotatable bonds is 5. The lowest BCUT2D eigenvalue weighted by atomic mass is 10.5. The molecule has 0 bridgehead atoms. The molecule has 2 N–H and O–H groups in total. The molecule has 19 heavy (non-hydrogen) atoms. The summed E-state index contributed by atoms with van der Waals surface area (Å²) >= 11 is 20.2. The Morgan fingerprint density at radius 1 is 1.00 bits per heavy atom. The van der Waals surface area contributed by atoms with E-state index >= 15 is 0 Å². The van der Waals surface area contributed by atoms with Crippen molar-refractivity contribution in [1.29, 1.82) is 0 Å². The second-order valence-corrected chi connectivity index (χ2v) is 4.77. The zero-order valence-corrected chi connectivity index (χ0v) is 13.2. The highest BCUT2D eigenvalue weighted by Gasteiger charge is 1.98. The molecule has 0 radical (unpaired) electrons. The normalized spacial score (nSPS) is 8.53. The standard InChI is InChI=1S/C5H8O6.2C2H4Cl2/c6-4(7)10-2-1-3-11-5(8)9;1-2(3)4;3-1-2-4/h1-3H2,(H,6,7)(H,8,9);2H,1H3;1-2H2. The minimum Gasteiger partial charge on any atom is -0.450 e. The Bertz CT molecular complexity index is 194. The zero-order chi connectivity index (χ0) is 15.7. The molecule has 0 aliphatic rings. The molecule has 0 unspecified atom stereocenters. The van der Waals surface area contributed by atoms with E-state index in [2.05, 4.69) is 9.47 Å². The van der Waals surface area contributed by atoms with Crippen LogP contribution in [0.1, 0.15) is 13.3 Å². The second kappa shape index (κ2) is 20.0. The summed E-state index contributed by atoms with van der Waals surface area (Å²) < 4.78 is 8.13. The third-order valence-electron chi connectivity index (χ3n) is 0.811. The molecule has 116 valence electrons.